The third-order valence-electron chi connectivity index (χ3n) is 4.68. The number of carbonyl (C=O) groups excluding carboxylic acids is 2. The molecule has 1 heterocycles. The number of guanidine groups is 1. The van der Waals surface area contributed by atoms with Gasteiger partial charge in [-0.15, -0.1) is 0 Å². The molecular weight excluding hydrogens is 344 g/mol. The van der Waals surface area contributed by atoms with Crippen LogP contribution in [-0.2, 0) is 16.1 Å². The van der Waals surface area contributed by atoms with Gasteiger partial charge >= 0.3 is 5.97 Å². The number of nitrogens with one attached hydrogen (secondary N) is 1. The molecule has 2 rings (SSSR count). The highest BCUT2D eigenvalue weighted by atomic mass is 16.5. The highest BCUT2D eigenvalue weighted by Crippen LogP contribution is 2.19. The van der Waals surface area contributed by atoms with E-state index in [-0.39, 0.29) is 17.8 Å². The smallest absolute Gasteiger partial charge is 0.309 e. The second kappa shape index (κ2) is 9.94. The number of carbonyl (C=O) groups is 2. The summed E-state index contributed by atoms with van der Waals surface area (Å²) in [7, 11) is 5.25. The Labute approximate surface area is 161 Å². The van der Waals surface area contributed by atoms with Crippen LogP contribution < -0.4 is 5.32 Å². The Morgan fingerprint density at radius 3 is 2.37 bits per heavy atom. The van der Waals surface area contributed by atoms with Crippen molar-refractivity contribution in [2.75, 3.05) is 40.8 Å². The third-order valence-corrected chi connectivity index (χ3v) is 4.68. The Kier molecular flexibility index (Phi) is 7.64. The molecule has 1 N–H and O–H groups in total. The fourth-order valence-corrected chi connectivity index (χ4v) is 3.12. The summed E-state index contributed by atoms with van der Waals surface area (Å²) < 4.78 is 5.12. The van der Waals surface area contributed by atoms with Crippen LogP contribution in [0, 0.1) is 5.92 Å². The molecule has 0 spiro atoms. The van der Waals surface area contributed by atoms with E-state index in [1.807, 2.05) is 31.2 Å². The quantitative estimate of drug-likeness (QED) is 0.483. The highest BCUT2D eigenvalue weighted by Gasteiger charge is 2.27. The minimum Gasteiger partial charge on any atom is -0.466 e. The lowest BCUT2D eigenvalue weighted by Crippen LogP contribution is -2.46. The first kappa shape index (κ1) is 20.7. The highest BCUT2D eigenvalue weighted by molar-refractivity contribution is 5.93. The summed E-state index contributed by atoms with van der Waals surface area (Å²) in [5.41, 5.74) is 1.75. The Morgan fingerprint density at radius 1 is 1.22 bits per heavy atom. The number of ether oxygens (including phenoxy) is 1. The molecule has 27 heavy (non-hydrogen) atoms. The maximum absolute atomic E-state index is 11.9. The molecule has 1 aliphatic heterocycles. The first-order valence-electron chi connectivity index (χ1n) is 9.39. The molecular formula is C20H30N4O3. The SMILES string of the molecule is CCOC(=O)C1CCN(C(=NC)NCc2ccc(C(=O)N(C)C)cc2)CC1. The summed E-state index contributed by atoms with van der Waals surface area (Å²) >= 11 is 0. The number of hydrogen-bond acceptors (Lipinski definition) is 4. The monoisotopic (exact) mass is 374 g/mol. The molecule has 1 fully saturated rings. The van der Waals surface area contributed by atoms with E-state index in [0.29, 0.717) is 18.7 Å². The standard InChI is InChI=1S/C20H30N4O3/c1-5-27-19(26)17-10-12-24(13-11-17)20(21-2)22-14-15-6-8-16(9-7-15)18(25)23(3)4/h6-9,17H,5,10-14H2,1-4H3,(H,21,22). The lowest BCUT2D eigenvalue weighted by molar-refractivity contribution is -0.149. The molecule has 0 aromatic heterocycles. The minimum absolute atomic E-state index is 0.00482. The van der Waals surface area contributed by atoms with Crippen molar-refractivity contribution in [3.63, 3.8) is 0 Å². The Morgan fingerprint density at radius 2 is 1.85 bits per heavy atom. The summed E-state index contributed by atoms with van der Waals surface area (Å²) in [6, 6.07) is 7.58. The van der Waals surface area contributed by atoms with Gasteiger partial charge in [0.05, 0.1) is 12.5 Å². The van der Waals surface area contributed by atoms with Crippen molar-refractivity contribution in [2.45, 2.75) is 26.3 Å². The number of hydrogen-bond donors (Lipinski definition) is 1. The predicted octanol–water partition coefficient (Wildman–Crippen LogP) is 1.74. The molecule has 0 radical (unpaired) electrons. The van der Waals surface area contributed by atoms with Crippen LogP contribution in [0.1, 0.15) is 35.7 Å². The van der Waals surface area contributed by atoms with Crippen molar-refractivity contribution in [1.29, 1.82) is 0 Å². The summed E-state index contributed by atoms with van der Waals surface area (Å²) in [6.45, 7) is 4.45. The fourth-order valence-electron chi connectivity index (χ4n) is 3.12. The van der Waals surface area contributed by atoms with Gasteiger partial charge in [-0.05, 0) is 37.5 Å². The van der Waals surface area contributed by atoms with Gasteiger partial charge in [-0.3, -0.25) is 14.6 Å². The van der Waals surface area contributed by atoms with Crippen molar-refractivity contribution >= 4 is 17.8 Å². The van der Waals surface area contributed by atoms with E-state index >= 15 is 0 Å². The van der Waals surface area contributed by atoms with Crippen LogP contribution in [0.25, 0.3) is 0 Å². The summed E-state index contributed by atoms with van der Waals surface area (Å²) in [5.74, 6) is 0.717. The van der Waals surface area contributed by atoms with Gasteiger partial charge in [0, 0.05) is 46.3 Å². The molecule has 1 aromatic carbocycles. The number of piperidine rings is 1. The minimum atomic E-state index is -0.0903. The summed E-state index contributed by atoms with van der Waals surface area (Å²) in [6.07, 6.45) is 1.56. The first-order valence-corrected chi connectivity index (χ1v) is 9.39. The van der Waals surface area contributed by atoms with Gasteiger partial charge in [-0.25, -0.2) is 0 Å². The Bertz CT molecular complexity index is 662. The largest absolute Gasteiger partial charge is 0.466 e. The second-order valence-electron chi connectivity index (χ2n) is 6.81. The third kappa shape index (κ3) is 5.70. The fraction of sp³-hybridized carbons (Fsp3) is 0.550. The number of benzene rings is 1. The van der Waals surface area contributed by atoms with E-state index in [4.69, 9.17) is 4.74 Å². The maximum atomic E-state index is 11.9. The van der Waals surface area contributed by atoms with Crippen molar-refractivity contribution in [1.82, 2.24) is 15.1 Å². The second-order valence-corrected chi connectivity index (χ2v) is 6.81. The van der Waals surface area contributed by atoms with E-state index in [0.717, 1.165) is 37.5 Å². The van der Waals surface area contributed by atoms with Gasteiger partial charge < -0.3 is 19.9 Å². The van der Waals surface area contributed by atoms with E-state index in [1.165, 1.54) is 0 Å². The maximum Gasteiger partial charge on any atom is 0.309 e. The molecule has 0 unspecified atom stereocenters. The van der Waals surface area contributed by atoms with E-state index < -0.39 is 0 Å². The predicted molar refractivity (Wildman–Crippen MR) is 106 cm³/mol. The molecule has 1 aromatic rings. The molecule has 7 heteroatoms. The van der Waals surface area contributed by atoms with Crippen LogP contribution in [0.5, 0.6) is 0 Å². The number of likely N-dealkylation sites (tertiary alicyclic amines) is 1. The topological polar surface area (TPSA) is 74.2 Å². The molecule has 1 aliphatic rings. The number of amides is 1. The molecule has 7 nitrogen and oxygen atoms in total. The van der Waals surface area contributed by atoms with Crippen molar-refractivity contribution in [3.05, 3.63) is 35.4 Å². The van der Waals surface area contributed by atoms with Gasteiger partial charge in [-0.1, -0.05) is 12.1 Å². The van der Waals surface area contributed by atoms with Crippen LogP contribution in [0.2, 0.25) is 0 Å². The molecule has 1 amide bonds. The zero-order chi connectivity index (χ0) is 19.8. The van der Waals surface area contributed by atoms with Gasteiger partial charge in [-0.2, -0.15) is 0 Å². The normalized spacial score (nSPS) is 15.4. The van der Waals surface area contributed by atoms with Crippen LogP contribution in [0.3, 0.4) is 0 Å². The molecule has 0 aliphatic carbocycles. The molecule has 148 valence electrons. The molecule has 0 saturated carbocycles. The van der Waals surface area contributed by atoms with Crippen LogP contribution >= 0.6 is 0 Å². The number of rotatable bonds is 5. The zero-order valence-electron chi connectivity index (χ0n) is 16.7. The van der Waals surface area contributed by atoms with E-state index in [2.05, 4.69) is 15.2 Å². The molecule has 1 saturated heterocycles. The van der Waals surface area contributed by atoms with Crippen molar-refractivity contribution in [3.8, 4) is 0 Å². The Balaban J connectivity index is 1.86. The van der Waals surface area contributed by atoms with Gasteiger partial charge in [0.15, 0.2) is 5.96 Å². The van der Waals surface area contributed by atoms with E-state index in [9.17, 15) is 9.59 Å². The van der Waals surface area contributed by atoms with Crippen LogP contribution in [0.15, 0.2) is 29.3 Å². The van der Waals surface area contributed by atoms with Crippen LogP contribution in [-0.4, -0.2) is 68.5 Å². The van der Waals surface area contributed by atoms with E-state index in [1.54, 1.807) is 26.0 Å². The first-order chi connectivity index (χ1) is 13.0. The average Bonchev–Trinajstić information content (AvgIpc) is 2.69. The number of esters is 1. The van der Waals surface area contributed by atoms with Crippen molar-refractivity contribution < 1.29 is 14.3 Å². The molecule has 0 atom stereocenters. The number of aliphatic imine (C=N–C) groups is 1. The zero-order valence-corrected chi connectivity index (χ0v) is 16.7. The summed E-state index contributed by atoms with van der Waals surface area (Å²) in [4.78, 5) is 31.9. The lowest BCUT2D eigenvalue weighted by atomic mass is 9.97. The lowest BCUT2D eigenvalue weighted by Gasteiger charge is -2.33. The van der Waals surface area contributed by atoms with Crippen molar-refractivity contribution in [2.24, 2.45) is 10.9 Å². The van der Waals surface area contributed by atoms with Gasteiger partial charge in [0.25, 0.3) is 5.91 Å². The molecule has 0 bridgehead atoms. The average molecular weight is 374 g/mol. The Hall–Kier alpha value is -2.57. The van der Waals surface area contributed by atoms with Gasteiger partial charge in [0.2, 0.25) is 0 Å². The van der Waals surface area contributed by atoms with Gasteiger partial charge in [0.1, 0.15) is 0 Å². The van der Waals surface area contributed by atoms with Crippen LogP contribution in [0.4, 0.5) is 0 Å². The summed E-state index contributed by atoms with van der Waals surface area (Å²) in [5, 5.41) is 3.36. The number of nitrogens with zero attached hydrogens (tertiary/aromatic N) is 3.